The van der Waals surface area contributed by atoms with E-state index in [4.69, 9.17) is 10.6 Å². The van der Waals surface area contributed by atoms with E-state index in [1.807, 2.05) is 0 Å². The van der Waals surface area contributed by atoms with Gasteiger partial charge in [0.1, 0.15) is 0 Å². The first-order valence-corrected chi connectivity index (χ1v) is 4.88. The van der Waals surface area contributed by atoms with Crippen LogP contribution in [0, 0.1) is 0 Å². The van der Waals surface area contributed by atoms with E-state index in [1.54, 1.807) is 25.1 Å². The van der Waals surface area contributed by atoms with Crippen LogP contribution < -0.4 is 11.3 Å². The van der Waals surface area contributed by atoms with Crippen molar-refractivity contribution in [2.75, 3.05) is 12.0 Å². The Bertz CT molecular complexity index is 521. The smallest absolute Gasteiger partial charge is 0.338 e. The van der Waals surface area contributed by atoms with E-state index < -0.39 is 0 Å². The molecule has 2 rings (SSSR count). The molecule has 0 amide bonds. The van der Waals surface area contributed by atoms with Gasteiger partial charge in [-0.3, -0.25) is 5.43 Å². The van der Waals surface area contributed by atoms with Gasteiger partial charge in [-0.25, -0.2) is 15.6 Å². The molecule has 0 saturated heterocycles. The first-order chi connectivity index (χ1) is 7.74. The number of imidazole rings is 1. The first-order valence-electron chi connectivity index (χ1n) is 4.88. The SMILES string of the molecule is CCOC(=O)c1ccc2nc(NN)[nH]c2c1. The molecular formula is C10H12N4O2. The van der Waals surface area contributed by atoms with Gasteiger partial charge in [-0.15, -0.1) is 0 Å². The molecule has 0 bridgehead atoms. The third kappa shape index (κ3) is 1.82. The van der Waals surface area contributed by atoms with Crippen LogP contribution in [0.2, 0.25) is 0 Å². The number of nitrogens with zero attached hydrogens (tertiary/aromatic N) is 1. The van der Waals surface area contributed by atoms with Gasteiger partial charge < -0.3 is 9.72 Å². The molecule has 16 heavy (non-hydrogen) atoms. The van der Waals surface area contributed by atoms with Crippen molar-refractivity contribution in [3.8, 4) is 0 Å². The molecule has 4 N–H and O–H groups in total. The summed E-state index contributed by atoms with van der Waals surface area (Å²) >= 11 is 0. The van der Waals surface area contributed by atoms with Crippen molar-refractivity contribution in [3.05, 3.63) is 23.8 Å². The fraction of sp³-hybridized carbons (Fsp3) is 0.200. The van der Waals surface area contributed by atoms with Gasteiger partial charge >= 0.3 is 5.97 Å². The molecule has 0 unspecified atom stereocenters. The van der Waals surface area contributed by atoms with Gasteiger partial charge in [0.15, 0.2) is 0 Å². The average molecular weight is 220 g/mol. The second kappa shape index (κ2) is 4.19. The molecule has 0 saturated carbocycles. The summed E-state index contributed by atoms with van der Waals surface area (Å²) in [5.74, 6) is 5.33. The Morgan fingerprint density at radius 1 is 1.62 bits per heavy atom. The molecule has 0 radical (unpaired) electrons. The number of hydrazine groups is 1. The van der Waals surface area contributed by atoms with E-state index in [0.29, 0.717) is 18.1 Å². The van der Waals surface area contributed by atoms with Crippen LogP contribution in [0.25, 0.3) is 11.0 Å². The van der Waals surface area contributed by atoms with Gasteiger partial charge in [0, 0.05) is 0 Å². The second-order valence-corrected chi connectivity index (χ2v) is 3.18. The summed E-state index contributed by atoms with van der Waals surface area (Å²) in [4.78, 5) is 18.5. The number of carbonyl (C=O) groups excluding carboxylic acids is 1. The predicted molar refractivity (Wildman–Crippen MR) is 59.9 cm³/mol. The van der Waals surface area contributed by atoms with E-state index in [-0.39, 0.29) is 5.97 Å². The average Bonchev–Trinajstić information content (AvgIpc) is 2.70. The Hall–Kier alpha value is -2.08. The maximum absolute atomic E-state index is 11.5. The molecule has 0 atom stereocenters. The number of aromatic nitrogens is 2. The lowest BCUT2D eigenvalue weighted by Gasteiger charge is -2.00. The minimum absolute atomic E-state index is 0.346. The van der Waals surface area contributed by atoms with Crippen LogP contribution >= 0.6 is 0 Å². The Morgan fingerprint density at radius 3 is 3.12 bits per heavy atom. The van der Waals surface area contributed by atoms with Crippen LogP contribution in [0.4, 0.5) is 5.95 Å². The van der Waals surface area contributed by atoms with Crippen molar-refractivity contribution in [2.24, 2.45) is 5.84 Å². The molecule has 2 aromatic rings. The number of nitrogen functional groups attached to an aromatic ring is 1. The Kier molecular flexibility index (Phi) is 2.74. The normalized spacial score (nSPS) is 10.4. The van der Waals surface area contributed by atoms with Gasteiger partial charge in [0.25, 0.3) is 0 Å². The second-order valence-electron chi connectivity index (χ2n) is 3.18. The standard InChI is InChI=1S/C10H12N4O2/c1-2-16-9(15)6-3-4-7-8(5-6)13-10(12-7)14-11/h3-5H,2,11H2,1H3,(H2,12,13,14). The number of benzene rings is 1. The fourth-order valence-corrected chi connectivity index (χ4v) is 1.42. The number of hydrogen-bond acceptors (Lipinski definition) is 5. The molecule has 0 spiro atoms. The molecule has 0 aliphatic heterocycles. The summed E-state index contributed by atoms with van der Waals surface area (Å²) in [7, 11) is 0. The lowest BCUT2D eigenvalue weighted by molar-refractivity contribution is 0.0526. The summed E-state index contributed by atoms with van der Waals surface area (Å²) < 4.78 is 4.90. The van der Waals surface area contributed by atoms with Gasteiger partial charge in [-0.05, 0) is 25.1 Å². The highest BCUT2D eigenvalue weighted by Gasteiger charge is 2.08. The van der Waals surface area contributed by atoms with Crippen LogP contribution in [0.3, 0.4) is 0 Å². The molecule has 0 fully saturated rings. The summed E-state index contributed by atoms with van der Waals surface area (Å²) in [6.45, 7) is 2.12. The molecule has 1 heterocycles. The number of fused-ring (bicyclic) bond motifs is 1. The molecule has 6 heteroatoms. The number of nitrogens with one attached hydrogen (secondary N) is 2. The Morgan fingerprint density at radius 2 is 2.44 bits per heavy atom. The third-order valence-electron chi connectivity index (χ3n) is 2.13. The maximum atomic E-state index is 11.5. The third-order valence-corrected chi connectivity index (χ3v) is 2.13. The van der Waals surface area contributed by atoms with Gasteiger partial charge in [0.05, 0.1) is 23.2 Å². The lowest BCUT2D eigenvalue weighted by Crippen LogP contribution is -2.07. The van der Waals surface area contributed by atoms with E-state index in [2.05, 4.69) is 15.4 Å². The number of rotatable bonds is 3. The molecule has 1 aromatic heterocycles. The molecule has 0 aliphatic carbocycles. The topological polar surface area (TPSA) is 93.0 Å². The van der Waals surface area contributed by atoms with Crippen LogP contribution in [0.1, 0.15) is 17.3 Å². The summed E-state index contributed by atoms with van der Waals surface area (Å²) in [6.07, 6.45) is 0. The minimum atomic E-state index is -0.346. The van der Waals surface area contributed by atoms with Gasteiger partial charge in [0.2, 0.25) is 5.95 Å². The molecule has 1 aromatic carbocycles. The monoisotopic (exact) mass is 220 g/mol. The van der Waals surface area contributed by atoms with Crippen LogP contribution in [0.5, 0.6) is 0 Å². The van der Waals surface area contributed by atoms with E-state index in [1.165, 1.54) is 0 Å². The number of esters is 1. The van der Waals surface area contributed by atoms with Crippen molar-refractivity contribution < 1.29 is 9.53 Å². The number of ether oxygens (including phenoxy) is 1. The molecule has 84 valence electrons. The van der Waals surface area contributed by atoms with Crippen LogP contribution in [0.15, 0.2) is 18.2 Å². The van der Waals surface area contributed by atoms with Crippen molar-refractivity contribution in [2.45, 2.75) is 6.92 Å². The van der Waals surface area contributed by atoms with Crippen molar-refractivity contribution in [1.82, 2.24) is 9.97 Å². The Balaban J connectivity index is 2.39. The van der Waals surface area contributed by atoms with Gasteiger partial charge in [-0.1, -0.05) is 0 Å². The first kappa shape index (κ1) is 10.4. The quantitative estimate of drug-likeness (QED) is 0.408. The number of anilines is 1. The van der Waals surface area contributed by atoms with E-state index in [0.717, 1.165) is 11.0 Å². The Labute approximate surface area is 91.8 Å². The zero-order chi connectivity index (χ0) is 11.5. The largest absolute Gasteiger partial charge is 0.462 e. The van der Waals surface area contributed by atoms with Gasteiger partial charge in [-0.2, -0.15) is 0 Å². The number of H-pyrrole nitrogens is 1. The molecule has 0 aliphatic rings. The highest BCUT2D eigenvalue weighted by Crippen LogP contribution is 2.16. The number of hydrogen-bond donors (Lipinski definition) is 3. The molecular weight excluding hydrogens is 208 g/mol. The highest BCUT2D eigenvalue weighted by molar-refractivity contribution is 5.93. The van der Waals surface area contributed by atoms with Crippen molar-refractivity contribution in [3.63, 3.8) is 0 Å². The summed E-state index contributed by atoms with van der Waals surface area (Å²) in [5, 5.41) is 0. The van der Waals surface area contributed by atoms with E-state index in [9.17, 15) is 4.79 Å². The van der Waals surface area contributed by atoms with Crippen molar-refractivity contribution >= 4 is 23.0 Å². The van der Waals surface area contributed by atoms with Crippen LogP contribution in [-0.4, -0.2) is 22.5 Å². The number of carbonyl (C=O) groups is 1. The zero-order valence-corrected chi connectivity index (χ0v) is 8.78. The molecule has 6 nitrogen and oxygen atoms in total. The minimum Gasteiger partial charge on any atom is -0.462 e. The summed E-state index contributed by atoms with van der Waals surface area (Å²) in [5.41, 5.74) is 4.37. The zero-order valence-electron chi connectivity index (χ0n) is 8.78. The van der Waals surface area contributed by atoms with Crippen LogP contribution in [-0.2, 0) is 4.74 Å². The van der Waals surface area contributed by atoms with E-state index >= 15 is 0 Å². The lowest BCUT2D eigenvalue weighted by atomic mass is 10.2. The fourth-order valence-electron chi connectivity index (χ4n) is 1.42. The predicted octanol–water partition coefficient (Wildman–Crippen LogP) is 1.03. The summed E-state index contributed by atoms with van der Waals surface area (Å²) in [6, 6.07) is 5.08. The van der Waals surface area contributed by atoms with Crippen molar-refractivity contribution in [1.29, 1.82) is 0 Å². The maximum Gasteiger partial charge on any atom is 0.338 e. The highest BCUT2D eigenvalue weighted by atomic mass is 16.5. The number of aromatic amines is 1. The number of nitrogens with two attached hydrogens (primary N) is 1.